The summed E-state index contributed by atoms with van der Waals surface area (Å²) in [6, 6.07) is 5.17. The molecule has 7 nitrogen and oxygen atoms in total. The van der Waals surface area contributed by atoms with Gasteiger partial charge in [-0.1, -0.05) is 120 Å². The number of hydrogen-bond donors (Lipinski definition) is 1. The molecule has 0 bridgehead atoms. The van der Waals surface area contributed by atoms with Gasteiger partial charge in [0.1, 0.15) is 37.9 Å². The van der Waals surface area contributed by atoms with Crippen molar-refractivity contribution in [3.05, 3.63) is 72.4 Å². The van der Waals surface area contributed by atoms with Crippen LogP contribution < -0.4 is 9.47 Å². The molecule has 1 rings (SSSR count). The van der Waals surface area contributed by atoms with E-state index in [1.165, 1.54) is 64.2 Å². The fraction of sp³-hybridized carbons (Fsp3) is 0.660. The van der Waals surface area contributed by atoms with Crippen molar-refractivity contribution in [1.82, 2.24) is 0 Å². The summed E-state index contributed by atoms with van der Waals surface area (Å²) in [7, 11) is 0. The van der Waals surface area contributed by atoms with E-state index < -0.39 is 0 Å². The molecule has 306 valence electrons. The number of allylic oxidation sites excluding steroid dienone is 8. The van der Waals surface area contributed by atoms with E-state index in [9.17, 15) is 14.7 Å². The molecule has 0 unspecified atom stereocenters. The highest BCUT2D eigenvalue weighted by atomic mass is 16.6. The van der Waals surface area contributed by atoms with E-state index in [2.05, 4.69) is 62.5 Å². The van der Waals surface area contributed by atoms with Crippen molar-refractivity contribution < 1.29 is 33.6 Å². The van der Waals surface area contributed by atoms with Crippen LogP contribution in [0.15, 0.2) is 66.8 Å². The average molecular weight is 753 g/mol. The SMILES string of the molecule is C/C=C/CC/C=C\CC/C=C\CCCCCCCC(=O)OCCOc1cc(CO)cc(OCCOC(=O)CCCCCCC/C=C\CCCCCCC)c1. The van der Waals surface area contributed by atoms with E-state index in [4.69, 9.17) is 18.9 Å². The number of carbonyl (C=O) groups is 2. The van der Waals surface area contributed by atoms with Crippen LogP contribution in [0.2, 0.25) is 0 Å². The predicted octanol–water partition coefficient (Wildman–Crippen LogP) is 12.6. The summed E-state index contributed by atoms with van der Waals surface area (Å²) in [5.74, 6) is 0.622. The molecule has 0 amide bonds. The van der Waals surface area contributed by atoms with Crippen LogP contribution in [-0.4, -0.2) is 43.5 Å². The van der Waals surface area contributed by atoms with E-state index in [0.717, 1.165) is 77.0 Å². The molecule has 0 saturated carbocycles. The number of unbranched alkanes of at least 4 members (excludes halogenated alkanes) is 17. The molecule has 7 heteroatoms. The molecule has 0 fully saturated rings. The summed E-state index contributed by atoms with van der Waals surface area (Å²) in [5.41, 5.74) is 0.639. The van der Waals surface area contributed by atoms with Crippen molar-refractivity contribution in [3.63, 3.8) is 0 Å². The monoisotopic (exact) mass is 753 g/mol. The van der Waals surface area contributed by atoms with Gasteiger partial charge in [0.25, 0.3) is 0 Å². The normalized spacial score (nSPS) is 11.8. The van der Waals surface area contributed by atoms with E-state index in [0.29, 0.717) is 29.9 Å². The lowest BCUT2D eigenvalue weighted by Gasteiger charge is -2.12. The zero-order valence-corrected chi connectivity index (χ0v) is 34.3. The van der Waals surface area contributed by atoms with Gasteiger partial charge in [-0.2, -0.15) is 0 Å². The zero-order chi connectivity index (χ0) is 39.0. The highest BCUT2D eigenvalue weighted by molar-refractivity contribution is 5.69. The molecule has 1 N–H and O–H groups in total. The Balaban J connectivity index is 2.05. The summed E-state index contributed by atoms with van der Waals surface area (Å²) in [6.45, 7) is 4.87. The minimum Gasteiger partial charge on any atom is -0.490 e. The number of rotatable bonds is 37. The summed E-state index contributed by atoms with van der Waals surface area (Å²) in [6.07, 6.45) is 44.4. The van der Waals surface area contributed by atoms with E-state index in [-0.39, 0.29) is 45.0 Å². The fourth-order valence-corrected chi connectivity index (χ4v) is 5.91. The maximum atomic E-state index is 12.1. The number of hydrogen-bond acceptors (Lipinski definition) is 7. The van der Waals surface area contributed by atoms with Gasteiger partial charge < -0.3 is 24.1 Å². The third kappa shape index (κ3) is 32.1. The van der Waals surface area contributed by atoms with Crippen molar-refractivity contribution in [2.75, 3.05) is 26.4 Å². The number of ether oxygens (including phenoxy) is 4. The van der Waals surface area contributed by atoms with Crippen LogP contribution >= 0.6 is 0 Å². The van der Waals surface area contributed by atoms with Crippen LogP contribution in [0.25, 0.3) is 0 Å². The average Bonchev–Trinajstić information content (AvgIpc) is 3.18. The number of benzene rings is 1. The lowest BCUT2D eigenvalue weighted by atomic mass is 10.1. The fourth-order valence-electron chi connectivity index (χ4n) is 5.91. The first-order chi connectivity index (χ1) is 26.6. The molecular weight excluding hydrogens is 677 g/mol. The van der Waals surface area contributed by atoms with Gasteiger partial charge in [-0.15, -0.1) is 0 Å². The van der Waals surface area contributed by atoms with Gasteiger partial charge in [-0.05, 0) is 102 Å². The van der Waals surface area contributed by atoms with Crippen LogP contribution in [0, 0.1) is 0 Å². The number of carbonyl (C=O) groups excluding carboxylic acids is 2. The third-order valence-electron chi connectivity index (χ3n) is 9.07. The van der Waals surface area contributed by atoms with Crippen molar-refractivity contribution >= 4 is 11.9 Å². The van der Waals surface area contributed by atoms with Gasteiger partial charge in [-0.25, -0.2) is 0 Å². The number of esters is 2. The smallest absolute Gasteiger partial charge is 0.305 e. The Hall–Kier alpha value is -3.32. The van der Waals surface area contributed by atoms with E-state index in [1.807, 2.05) is 0 Å². The Morgan fingerprint density at radius 2 is 0.889 bits per heavy atom. The van der Waals surface area contributed by atoms with Crippen molar-refractivity contribution in [2.45, 2.75) is 175 Å². The van der Waals surface area contributed by atoms with E-state index >= 15 is 0 Å². The summed E-state index contributed by atoms with van der Waals surface area (Å²) < 4.78 is 22.2. The van der Waals surface area contributed by atoms with Crippen molar-refractivity contribution in [2.24, 2.45) is 0 Å². The Bertz CT molecular complexity index is 1150. The van der Waals surface area contributed by atoms with Crippen LogP contribution in [0.5, 0.6) is 11.5 Å². The molecule has 0 aliphatic carbocycles. The second-order valence-electron chi connectivity index (χ2n) is 14.1. The van der Waals surface area contributed by atoms with Crippen LogP contribution in [0.3, 0.4) is 0 Å². The first kappa shape index (κ1) is 48.7. The first-order valence-electron chi connectivity index (χ1n) is 21.5. The van der Waals surface area contributed by atoms with Crippen LogP contribution in [0.4, 0.5) is 0 Å². The molecule has 0 spiro atoms. The van der Waals surface area contributed by atoms with Crippen molar-refractivity contribution in [3.8, 4) is 11.5 Å². The molecule has 0 heterocycles. The summed E-state index contributed by atoms with van der Waals surface area (Å²) >= 11 is 0. The van der Waals surface area contributed by atoms with E-state index in [1.54, 1.807) is 18.2 Å². The third-order valence-corrected chi connectivity index (χ3v) is 9.07. The topological polar surface area (TPSA) is 91.3 Å². The molecule has 1 aromatic carbocycles. The van der Waals surface area contributed by atoms with Gasteiger partial charge in [-0.3, -0.25) is 9.59 Å². The quantitative estimate of drug-likeness (QED) is 0.0411. The molecule has 0 aromatic heterocycles. The lowest BCUT2D eigenvalue weighted by molar-refractivity contribution is -0.145. The molecule has 1 aromatic rings. The van der Waals surface area contributed by atoms with Gasteiger partial charge in [0.05, 0.1) is 6.61 Å². The molecule has 0 atom stereocenters. The molecular formula is C47H76O7. The molecule has 0 aliphatic heterocycles. The maximum Gasteiger partial charge on any atom is 0.305 e. The summed E-state index contributed by atoms with van der Waals surface area (Å²) in [4.78, 5) is 24.3. The van der Waals surface area contributed by atoms with Crippen LogP contribution in [-0.2, 0) is 25.7 Å². The Labute approximate surface area is 329 Å². The minimum absolute atomic E-state index is 0.156. The second-order valence-corrected chi connectivity index (χ2v) is 14.1. The molecule has 0 radical (unpaired) electrons. The standard InChI is InChI=1S/C47H76O7/c1-3-5-7-9-11-13-15-17-19-20-22-24-26-28-30-32-34-47(50)54-38-36-52-45-40-43(42-48)39-44(41-45)51-35-37-53-46(49)33-31-29-27-25-23-21-18-16-14-12-10-8-6-4-2/h3,5,11,13,16,18-20,39-41,48H,4,6-10,12,14-15,17,21-38,42H2,1-2H3/b5-3+,13-11-,18-16-,20-19-. The van der Waals surface area contributed by atoms with Crippen LogP contribution in [0.1, 0.15) is 174 Å². The number of aliphatic hydroxyl groups excluding tert-OH is 1. The Morgan fingerprint density at radius 3 is 1.31 bits per heavy atom. The Kier molecular flexibility index (Phi) is 34.2. The molecule has 0 aliphatic rings. The van der Waals surface area contributed by atoms with Gasteiger partial charge in [0.15, 0.2) is 0 Å². The Morgan fingerprint density at radius 1 is 0.500 bits per heavy atom. The highest BCUT2D eigenvalue weighted by Gasteiger charge is 2.07. The molecule has 0 saturated heterocycles. The van der Waals surface area contributed by atoms with Gasteiger partial charge in [0, 0.05) is 18.9 Å². The lowest BCUT2D eigenvalue weighted by Crippen LogP contribution is -2.13. The number of aliphatic hydroxyl groups is 1. The molecule has 54 heavy (non-hydrogen) atoms. The second kappa shape index (κ2) is 38.0. The summed E-state index contributed by atoms with van der Waals surface area (Å²) in [5, 5.41) is 9.68. The van der Waals surface area contributed by atoms with Gasteiger partial charge in [0.2, 0.25) is 0 Å². The first-order valence-corrected chi connectivity index (χ1v) is 21.5. The largest absolute Gasteiger partial charge is 0.490 e. The minimum atomic E-state index is -0.206. The maximum absolute atomic E-state index is 12.1. The highest BCUT2D eigenvalue weighted by Crippen LogP contribution is 2.23. The van der Waals surface area contributed by atoms with Crippen molar-refractivity contribution in [1.29, 1.82) is 0 Å². The zero-order valence-electron chi connectivity index (χ0n) is 34.3. The predicted molar refractivity (Wildman–Crippen MR) is 224 cm³/mol. The van der Waals surface area contributed by atoms with Gasteiger partial charge >= 0.3 is 11.9 Å².